The fraction of sp³-hybridized carbons (Fsp3) is 0.375. The second kappa shape index (κ2) is 5.21. The van der Waals surface area contributed by atoms with E-state index in [9.17, 15) is 0 Å². The summed E-state index contributed by atoms with van der Waals surface area (Å²) < 4.78 is 5.50. The van der Waals surface area contributed by atoms with Crippen LogP contribution in [0.15, 0.2) is 18.2 Å². The minimum absolute atomic E-state index is 0.596. The van der Waals surface area contributed by atoms with Gasteiger partial charge in [-0.1, -0.05) is 12.1 Å². The average molecular weight is 269 g/mol. The molecule has 0 unspecified atom stereocenters. The third-order valence-corrected chi connectivity index (χ3v) is 3.82. The summed E-state index contributed by atoms with van der Waals surface area (Å²) in [6, 6.07) is 6.36. The van der Waals surface area contributed by atoms with E-state index >= 15 is 0 Å². The van der Waals surface area contributed by atoms with Crippen LogP contribution in [-0.2, 0) is 17.8 Å². The van der Waals surface area contributed by atoms with Crippen molar-refractivity contribution in [3.8, 4) is 11.4 Å². The maximum Gasteiger partial charge on any atom is 0.161 e. The third-order valence-electron chi connectivity index (χ3n) is 3.82. The summed E-state index contributed by atoms with van der Waals surface area (Å²) in [4.78, 5) is 9.38. The number of rotatable bonds is 2. The molecule has 0 saturated carbocycles. The lowest BCUT2D eigenvalue weighted by Crippen LogP contribution is -2.16. The van der Waals surface area contributed by atoms with Crippen molar-refractivity contribution in [2.24, 2.45) is 0 Å². The normalized spacial score (nSPS) is 13.9. The standard InChI is InChI=1S/C16H19N3O/c1-10-4-5-12(8-11(10)2)15-18-14-6-7-20-9-13(14)16(17-3)19-15/h4-5,8H,6-7,9H2,1-3H3,(H,17,18,19). The fourth-order valence-electron chi connectivity index (χ4n) is 2.45. The molecule has 1 N–H and O–H groups in total. The molecule has 0 atom stereocenters. The Labute approximate surface area is 119 Å². The third kappa shape index (κ3) is 2.27. The Bertz CT molecular complexity index is 635. The Balaban J connectivity index is 2.11. The highest BCUT2D eigenvalue weighted by Crippen LogP contribution is 2.26. The predicted molar refractivity (Wildman–Crippen MR) is 79.8 cm³/mol. The largest absolute Gasteiger partial charge is 0.376 e. The molecule has 0 radical (unpaired) electrons. The first-order chi connectivity index (χ1) is 9.69. The molecule has 3 rings (SSSR count). The summed E-state index contributed by atoms with van der Waals surface area (Å²) in [5, 5.41) is 3.16. The molecule has 4 nitrogen and oxygen atoms in total. The lowest BCUT2D eigenvalue weighted by Gasteiger charge is -2.19. The Morgan fingerprint density at radius 2 is 2.00 bits per heavy atom. The summed E-state index contributed by atoms with van der Waals surface area (Å²) in [5.41, 5.74) is 5.81. The molecule has 2 aromatic rings. The highest BCUT2D eigenvalue weighted by Gasteiger charge is 2.18. The highest BCUT2D eigenvalue weighted by atomic mass is 16.5. The van der Waals surface area contributed by atoms with Crippen molar-refractivity contribution in [3.05, 3.63) is 40.6 Å². The molecule has 104 valence electrons. The fourth-order valence-corrected chi connectivity index (χ4v) is 2.45. The minimum Gasteiger partial charge on any atom is -0.376 e. The van der Waals surface area contributed by atoms with Gasteiger partial charge in [0.2, 0.25) is 0 Å². The zero-order valence-electron chi connectivity index (χ0n) is 12.2. The maximum atomic E-state index is 5.50. The molecular weight excluding hydrogens is 250 g/mol. The van der Waals surface area contributed by atoms with Crippen LogP contribution in [0, 0.1) is 13.8 Å². The van der Waals surface area contributed by atoms with Crippen LogP contribution >= 0.6 is 0 Å². The Morgan fingerprint density at radius 1 is 1.15 bits per heavy atom. The van der Waals surface area contributed by atoms with Gasteiger partial charge in [-0.3, -0.25) is 0 Å². The molecule has 1 aromatic carbocycles. The number of anilines is 1. The number of benzene rings is 1. The molecule has 0 spiro atoms. The number of hydrogen-bond donors (Lipinski definition) is 1. The van der Waals surface area contributed by atoms with Gasteiger partial charge >= 0.3 is 0 Å². The number of nitrogens with zero attached hydrogens (tertiary/aromatic N) is 2. The molecule has 0 bridgehead atoms. The van der Waals surface area contributed by atoms with Gasteiger partial charge in [-0.2, -0.15) is 0 Å². The Morgan fingerprint density at radius 3 is 2.75 bits per heavy atom. The first kappa shape index (κ1) is 13.1. The van der Waals surface area contributed by atoms with E-state index in [-0.39, 0.29) is 0 Å². The summed E-state index contributed by atoms with van der Waals surface area (Å²) in [5.74, 6) is 1.67. The van der Waals surface area contributed by atoms with Gasteiger partial charge in [-0.25, -0.2) is 9.97 Å². The molecule has 2 heterocycles. The maximum absolute atomic E-state index is 5.50. The smallest absolute Gasteiger partial charge is 0.161 e. The van der Waals surface area contributed by atoms with Crippen LogP contribution in [0.3, 0.4) is 0 Å². The van der Waals surface area contributed by atoms with Crippen molar-refractivity contribution in [3.63, 3.8) is 0 Å². The van der Waals surface area contributed by atoms with Crippen molar-refractivity contribution < 1.29 is 4.74 Å². The number of hydrogen-bond acceptors (Lipinski definition) is 4. The van der Waals surface area contributed by atoms with Crippen molar-refractivity contribution in [2.75, 3.05) is 19.0 Å². The lowest BCUT2D eigenvalue weighted by molar-refractivity contribution is 0.109. The molecule has 1 aliphatic heterocycles. The summed E-state index contributed by atoms with van der Waals surface area (Å²) >= 11 is 0. The van der Waals surface area contributed by atoms with E-state index in [0.717, 1.165) is 41.5 Å². The Hall–Kier alpha value is -1.94. The molecule has 1 aromatic heterocycles. The molecule has 20 heavy (non-hydrogen) atoms. The van der Waals surface area contributed by atoms with Gasteiger partial charge in [0.15, 0.2) is 5.82 Å². The van der Waals surface area contributed by atoms with Gasteiger partial charge in [-0.05, 0) is 31.0 Å². The zero-order chi connectivity index (χ0) is 14.1. The van der Waals surface area contributed by atoms with Crippen LogP contribution in [0.25, 0.3) is 11.4 Å². The van der Waals surface area contributed by atoms with Crippen molar-refractivity contribution in [2.45, 2.75) is 26.9 Å². The highest BCUT2D eigenvalue weighted by molar-refractivity contribution is 5.61. The monoisotopic (exact) mass is 269 g/mol. The number of ether oxygens (including phenoxy) is 1. The van der Waals surface area contributed by atoms with Crippen LogP contribution in [0.1, 0.15) is 22.4 Å². The summed E-state index contributed by atoms with van der Waals surface area (Å²) in [6.07, 6.45) is 0.852. The second-order valence-electron chi connectivity index (χ2n) is 5.17. The lowest BCUT2D eigenvalue weighted by atomic mass is 10.0. The Kier molecular flexibility index (Phi) is 3.40. The van der Waals surface area contributed by atoms with E-state index in [1.54, 1.807) is 0 Å². The SMILES string of the molecule is CNc1nc(-c2ccc(C)c(C)c2)nc2c1COCC2. The van der Waals surface area contributed by atoms with Gasteiger partial charge in [0.25, 0.3) is 0 Å². The average Bonchev–Trinajstić information content (AvgIpc) is 2.49. The van der Waals surface area contributed by atoms with Crippen LogP contribution in [-0.4, -0.2) is 23.6 Å². The molecule has 0 aliphatic carbocycles. The first-order valence-corrected chi connectivity index (χ1v) is 6.92. The summed E-state index contributed by atoms with van der Waals surface area (Å²) in [7, 11) is 1.89. The van der Waals surface area contributed by atoms with Crippen LogP contribution < -0.4 is 5.32 Å². The molecule has 0 saturated heterocycles. The molecule has 0 amide bonds. The number of nitrogens with one attached hydrogen (secondary N) is 1. The minimum atomic E-state index is 0.596. The van der Waals surface area contributed by atoms with Crippen LogP contribution in [0.5, 0.6) is 0 Å². The topological polar surface area (TPSA) is 47.0 Å². The van der Waals surface area contributed by atoms with Gasteiger partial charge < -0.3 is 10.1 Å². The first-order valence-electron chi connectivity index (χ1n) is 6.92. The van der Waals surface area contributed by atoms with Gasteiger partial charge in [0, 0.05) is 24.6 Å². The number of aromatic nitrogens is 2. The van der Waals surface area contributed by atoms with Crippen LogP contribution in [0.4, 0.5) is 5.82 Å². The van der Waals surface area contributed by atoms with E-state index < -0.39 is 0 Å². The number of fused-ring (bicyclic) bond motifs is 1. The van der Waals surface area contributed by atoms with E-state index in [2.05, 4.69) is 42.3 Å². The number of aryl methyl sites for hydroxylation is 2. The van der Waals surface area contributed by atoms with Crippen molar-refractivity contribution >= 4 is 5.82 Å². The predicted octanol–water partition coefficient (Wildman–Crippen LogP) is 2.87. The van der Waals surface area contributed by atoms with E-state index in [1.807, 2.05) is 7.05 Å². The van der Waals surface area contributed by atoms with E-state index in [0.29, 0.717) is 6.61 Å². The van der Waals surface area contributed by atoms with Crippen LogP contribution in [0.2, 0.25) is 0 Å². The van der Waals surface area contributed by atoms with E-state index in [4.69, 9.17) is 9.72 Å². The molecular formula is C16H19N3O. The quantitative estimate of drug-likeness (QED) is 0.910. The van der Waals surface area contributed by atoms with Gasteiger partial charge in [0.05, 0.1) is 18.9 Å². The zero-order valence-corrected chi connectivity index (χ0v) is 12.2. The van der Waals surface area contributed by atoms with Gasteiger partial charge in [-0.15, -0.1) is 0 Å². The molecule has 0 fully saturated rings. The van der Waals surface area contributed by atoms with Gasteiger partial charge in [0.1, 0.15) is 5.82 Å². The molecule has 4 heteroatoms. The van der Waals surface area contributed by atoms with Crippen molar-refractivity contribution in [1.82, 2.24) is 9.97 Å². The second-order valence-corrected chi connectivity index (χ2v) is 5.17. The summed E-state index contributed by atoms with van der Waals surface area (Å²) in [6.45, 7) is 5.56. The van der Waals surface area contributed by atoms with Crippen molar-refractivity contribution in [1.29, 1.82) is 0 Å². The molecule has 1 aliphatic rings. The van der Waals surface area contributed by atoms with E-state index in [1.165, 1.54) is 11.1 Å².